The minimum atomic E-state index is -4.60. The van der Waals surface area contributed by atoms with Gasteiger partial charge in [-0.25, -0.2) is 4.98 Å². The van der Waals surface area contributed by atoms with Gasteiger partial charge in [-0.15, -0.1) is 0 Å². The lowest BCUT2D eigenvalue weighted by molar-refractivity contribution is -0.138. The summed E-state index contributed by atoms with van der Waals surface area (Å²) in [5.41, 5.74) is 13.0. The summed E-state index contributed by atoms with van der Waals surface area (Å²) < 4.78 is 57.8. The van der Waals surface area contributed by atoms with Crippen molar-refractivity contribution < 1.29 is 85.8 Å². The molecular formula is C62H109N10O18PS. The molecule has 0 saturated carbocycles. The Hall–Kier alpha value is -5.14. The molecule has 526 valence electrons. The van der Waals surface area contributed by atoms with Crippen LogP contribution in [0, 0.1) is 11.8 Å². The molecule has 6 atom stereocenters. The monoisotopic (exact) mass is 1340 g/mol. The number of aryl methyl sites for hydroxylation is 2. The van der Waals surface area contributed by atoms with Crippen LogP contribution in [0.25, 0.3) is 0 Å². The van der Waals surface area contributed by atoms with Crippen LogP contribution < -0.4 is 38.1 Å². The Morgan fingerprint density at radius 3 is 1.70 bits per heavy atom. The summed E-state index contributed by atoms with van der Waals surface area (Å²) in [6.07, 6.45) is 11.2. The Kier molecular flexibility index (Phi) is 46.2. The first-order chi connectivity index (χ1) is 44.1. The van der Waals surface area contributed by atoms with E-state index in [0.29, 0.717) is 111 Å². The van der Waals surface area contributed by atoms with E-state index in [1.165, 1.54) is 24.3 Å². The number of nitrogens with two attached hydrogens (primary N) is 2. The SMILES string of the molecule is CCCCN(CC(=O)NC(CC(C)C)C(=O)NC(Cc1cncn1CCCCCCCCc1ccccc1)C(=O)NC(C)C(=O)NC(C(N)=O)C(C)CP(=O)(O)O)C(=O)CCOCCOCCOCCOCCOCCOCCOCCOCCNC(=O)C(N)CS. The molecule has 0 radical (unpaired) electrons. The molecular weight excluding hydrogens is 1240 g/mol. The van der Waals surface area contributed by atoms with Crippen molar-refractivity contribution in [3.63, 3.8) is 0 Å². The van der Waals surface area contributed by atoms with Gasteiger partial charge in [0.15, 0.2) is 0 Å². The van der Waals surface area contributed by atoms with Crippen LogP contribution >= 0.6 is 20.2 Å². The van der Waals surface area contributed by atoms with Gasteiger partial charge in [0.05, 0.1) is 137 Å². The van der Waals surface area contributed by atoms with Crippen LogP contribution in [0.2, 0.25) is 0 Å². The molecule has 1 heterocycles. The highest BCUT2D eigenvalue weighted by atomic mass is 32.1. The van der Waals surface area contributed by atoms with Crippen LogP contribution in [0.15, 0.2) is 42.9 Å². The number of carbonyl (C=O) groups is 7. The van der Waals surface area contributed by atoms with Crippen molar-refractivity contribution in [1.82, 2.24) is 41.0 Å². The smallest absolute Gasteiger partial charge is 0.325 e. The highest BCUT2D eigenvalue weighted by Gasteiger charge is 2.34. The topological polar surface area (TPSA) is 384 Å². The van der Waals surface area contributed by atoms with E-state index in [0.717, 1.165) is 51.4 Å². The zero-order chi connectivity index (χ0) is 67.8. The summed E-state index contributed by atoms with van der Waals surface area (Å²) in [4.78, 5) is 118. The predicted octanol–water partition coefficient (Wildman–Crippen LogP) is 1.84. The standard InChI is InChI=1S/C62H109N10O18PS/c1-6-7-22-71(56(74)20-24-83-26-28-85-30-32-87-34-36-89-38-39-90-37-35-88-33-31-86-29-27-84-25-21-66-60(77)52(63)45-92)43-55(73)68-53(40-47(2)3)62(79)69-54(61(78)67-49(5)59(76)70-57(58(64)75)48(4)44-91(80,81)82)41-51-42-65-46-72(51)23-16-11-9-8-10-13-17-50-18-14-12-15-19-50/h12,14-15,18-19,42,46-49,52-54,57,92H,6-11,13,16-17,20-41,43-45,63H2,1-5H3,(H2,64,75)(H,66,77)(H,67,78)(H,68,73)(H,69,79)(H,70,76)(H2,80,81,82). The second kappa shape index (κ2) is 51.2. The Morgan fingerprint density at radius 2 is 1.17 bits per heavy atom. The Bertz CT molecular complexity index is 2400. The molecule has 11 N–H and O–H groups in total. The van der Waals surface area contributed by atoms with Crippen LogP contribution in [-0.2, 0) is 95.4 Å². The molecule has 1 aromatic carbocycles. The number of thiol groups is 1. The Morgan fingerprint density at radius 1 is 0.652 bits per heavy atom. The molecule has 28 nitrogen and oxygen atoms in total. The Labute approximate surface area is 549 Å². The van der Waals surface area contributed by atoms with E-state index in [9.17, 15) is 47.9 Å². The van der Waals surface area contributed by atoms with Crippen molar-refractivity contribution >= 4 is 61.6 Å². The van der Waals surface area contributed by atoms with Crippen LogP contribution in [0.1, 0.15) is 110 Å². The van der Waals surface area contributed by atoms with Crippen molar-refractivity contribution in [3.8, 4) is 0 Å². The van der Waals surface area contributed by atoms with E-state index in [4.69, 9.17) is 49.4 Å². The number of imidazole rings is 1. The predicted molar refractivity (Wildman–Crippen MR) is 349 cm³/mol. The van der Waals surface area contributed by atoms with E-state index in [-0.39, 0.29) is 75.7 Å². The fraction of sp³-hybridized carbons (Fsp3) is 0.742. The molecule has 6 unspecified atom stereocenters. The fourth-order valence-corrected chi connectivity index (χ4v) is 10.3. The van der Waals surface area contributed by atoms with Gasteiger partial charge in [-0.3, -0.25) is 38.1 Å². The fourth-order valence-electron chi connectivity index (χ4n) is 9.18. The van der Waals surface area contributed by atoms with Gasteiger partial charge in [0.1, 0.15) is 24.2 Å². The van der Waals surface area contributed by atoms with Crippen molar-refractivity contribution in [2.24, 2.45) is 23.3 Å². The number of carbonyl (C=O) groups excluding carboxylic acids is 7. The van der Waals surface area contributed by atoms with E-state index < -0.39 is 79.4 Å². The maximum Gasteiger partial charge on any atom is 0.325 e. The number of benzene rings is 1. The van der Waals surface area contributed by atoms with Gasteiger partial charge in [-0.1, -0.05) is 90.1 Å². The maximum absolute atomic E-state index is 14.4. The zero-order valence-electron chi connectivity index (χ0n) is 54.9. The second-order valence-electron chi connectivity index (χ2n) is 22.8. The number of aromatic nitrogens is 2. The number of hydrogen-bond acceptors (Lipinski definition) is 19. The van der Waals surface area contributed by atoms with Crippen molar-refractivity contribution in [2.45, 2.75) is 148 Å². The van der Waals surface area contributed by atoms with Gasteiger partial charge in [0, 0.05) is 43.7 Å². The van der Waals surface area contributed by atoms with E-state index in [1.807, 2.05) is 43.5 Å². The highest BCUT2D eigenvalue weighted by Crippen LogP contribution is 2.37. The molecule has 0 spiro atoms. The first kappa shape index (κ1) is 83.0. The molecule has 0 bridgehead atoms. The van der Waals surface area contributed by atoms with Crippen molar-refractivity contribution in [1.29, 1.82) is 0 Å². The third-order valence-corrected chi connectivity index (χ3v) is 15.7. The Balaban J connectivity index is 1.84. The molecule has 92 heavy (non-hydrogen) atoms. The van der Waals surface area contributed by atoms with E-state index in [2.05, 4.69) is 56.3 Å². The number of rotatable bonds is 58. The third-order valence-electron chi connectivity index (χ3n) is 14.2. The lowest BCUT2D eigenvalue weighted by atomic mass is 10.0. The van der Waals surface area contributed by atoms with E-state index in [1.54, 1.807) is 12.5 Å². The molecule has 0 aliphatic carbocycles. The maximum atomic E-state index is 14.4. The summed E-state index contributed by atoms with van der Waals surface area (Å²) in [5, 5.41) is 13.3. The minimum absolute atomic E-state index is 0.00319. The van der Waals surface area contributed by atoms with Crippen LogP contribution in [0.5, 0.6) is 0 Å². The number of unbranched alkanes of at least 4 members (excludes halogenated alkanes) is 6. The third kappa shape index (κ3) is 40.9. The van der Waals surface area contributed by atoms with Crippen LogP contribution in [-0.4, -0.2) is 233 Å². The molecule has 0 fully saturated rings. The molecule has 0 aliphatic heterocycles. The molecule has 7 amide bonds. The largest absolute Gasteiger partial charge is 0.379 e. The summed E-state index contributed by atoms with van der Waals surface area (Å²) in [6.45, 7) is 15.0. The number of nitrogens with zero attached hydrogens (tertiary/aromatic N) is 3. The van der Waals surface area contributed by atoms with Gasteiger partial charge in [0.2, 0.25) is 41.4 Å². The quantitative estimate of drug-likeness (QED) is 0.0257. The van der Waals surface area contributed by atoms with Gasteiger partial charge in [-0.05, 0) is 56.4 Å². The number of primary amides is 1. The summed E-state index contributed by atoms with van der Waals surface area (Å²) in [6, 6.07) is 4.52. The molecule has 0 aliphatic rings. The normalized spacial score (nSPS) is 13.6. The number of hydrogen-bond donors (Lipinski definition) is 10. The van der Waals surface area contributed by atoms with Gasteiger partial charge >= 0.3 is 7.60 Å². The van der Waals surface area contributed by atoms with Crippen LogP contribution in [0.4, 0.5) is 0 Å². The molecule has 30 heteroatoms. The van der Waals surface area contributed by atoms with Gasteiger partial charge in [0.25, 0.3) is 0 Å². The van der Waals surface area contributed by atoms with Crippen LogP contribution in [0.3, 0.4) is 0 Å². The second-order valence-corrected chi connectivity index (χ2v) is 24.9. The highest BCUT2D eigenvalue weighted by molar-refractivity contribution is 7.80. The van der Waals surface area contributed by atoms with Gasteiger partial charge in [-0.2, -0.15) is 12.6 Å². The lowest BCUT2D eigenvalue weighted by Crippen LogP contribution is -2.59. The van der Waals surface area contributed by atoms with Crippen molar-refractivity contribution in [2.75, 3.05) is 137 Å². The summed E-state index contributed by atoms with van der Waals surface area (Å²) in [7, 11) is -4.60. The number of ether oxygens (including phenoxy) is 8. The van der Waals surface area contributed by atoms with E-state index >= 15 is 0 Å². The molecule has 2 rings (SSSR count). The average molecular weight is 1350 g/mol. The lowest BCUT2D eigenvalue weighted by Gasteiger charge is -2.27. The molecule has 0 saturated heterocycles. The van der Waals surface area contributed by atoms with Gasteiger partial charge < -0.3 is 95.2 Å². The number of amides is 7. The number of nitrogens with one attached hydrogen (secondary N) is 5. The van der Waals surface area contributed by atoms with Crippen molar-refractivity contribution in [3.05, 3.63) is 54.1 Å². The summed E-state index contributed by atoms with van der Waals surface area (Å²) >= 11 is 3.99. The average Bonchev–Trinajstić information content (AvgIpc) is 1.60. The first-order valence-corrected chi connectivity index (χ1v) is 34.7. The molecule has 2 aromatic rings. The minimum Gasteiger partial charge on any atom is -0.379 e. The molecule has 1 aromatic heterocycles. The zero-order valence-corrected chi connectivity index (χ0v) is 56.7. The summed E-state index contributed by atoms with van der Waals surface area (Å²) in [5.74, 6) is -5.41. The first-order valence-electron chi connectivity index (χ1n) is 32.3.